The van der Waals surface area contributed by atoms with E-state index in [0.29, 0.717) is 31.9 Å². The van der Waals surface area contributed by atoms with Gasteiger partial charge in [0.2, 0.25) is 0 Å². The number of rotatable bonds is 6. The molecular formula is C22H24Br4CuN2O2. The van der Waals surface area contributed by atoms with Gasteiger partial charge in [-0.3, -0.25) is 9.98 Å². The van der Waals surface area contributed by atoms with Gasteiger partial charge in [-0.1, -0.05) is 103 Å². The van der Waals surface area contributed by atoms with Crippen LogP contribution in [0.5, 0.6) is 11.5 Å². The topological polar surface area (TPSA) is 70.8 Å². The van der Waals surface area contributed by atoms with E-state index in [0.717, 1.165) is 22.0 Å². The molecule has 0 aliphatic rings. The molecule has 0 fully saturated rings. The van der Waals surface area contributed by atoms with Crippen molar-refractivity contribution in [3.63, 3.8) is 0 Å². The minimum absolute atomic E-state index is 0. The third kappa shape index (κ3) is 12.0. The fraction of sp³-hybridized carbons (Fsp3) is 0.364. The summed E-state index contributed by atoms with van der Waals surface area (Å²) in [7, 11) is 0. The molecule has 0 aromatic heterocycles. The fourth-order valence-corrected chi connectivity index (χ4v) is 4.59. The Labute approximate surface area is 229 Å². The molecule has 0 aliphatic heterocycles. The predicted molar refractivity (Wildman–Crippen MR) is 137 cm³/mol. The van der Waals surface area contributed by atoms with Crippen LogP contribution in [0.3, 0.4) is 0 Å². The Balaban J connectivity index is 0.000000562. The summed E-state index contributed by atoms with van der Waals surface area (Å²) < 4.78 is 2.87. The molecule has 0 N–H and O–H groups in total. The molecule has 9 heteroatoms. The van der Waals surface area contributed by atoms with Crippen LogP contribution in [0.2, 0.25) is 0 Å². The fourth-order valence-electron chi connectivity index (χ4n) is 2.08. The molecule has 2 aromatic carbocycles. The summed E-state index contributed by atoms with van der Waals surface area (Å²) in [6.45, 7) is 9.84. The Kier molecular flexibility index (Phi) is 15.5. The Morgan fingerprint density at radius 1 is 0.710 bits per heavy atom. The summed E-state index contributed by atoms with van der Waals surface area (Å²) in [6, 6.07) is 7.03. The van der Waals surface area contributed by atoms with E-state index in [1.165, 1.54) is 0 Å². The van der Waals surface area contributed by atoms with Crippen molar-refractivity contribution >= 4 is 76.1 Å². The van der Waals surface area contributed by atoms with Crippen molar-refractivity contribution in [2.75, 3.05) is 13.1 Å². The second-order valence-corrected chi connectivity index (χ2v) is 10.9. The average molecular weight is 732 g/mol. The molecule has 173 valence electrons. The van der Waals surface area contributed by atoms with E-state index in [1.807, 2.05) is 0 Å². The quantitative estimate of drug-likeness (QED) is 0.245. The number of halogens is 4. The Bertz CT molecular complexity index is 830. The van der Waals surface area contributed by atoms with Crippen LogP contribution in [0, 0.1) is 11.8 Å². The summed E-state index contributed by atoms with van der Waals surface area (Å²) in [6.07, 6.45) is 3.27. The van der Waals surface area contributed by atoms with Crippen molar-refractivity contribution in [3.8, 4) is 11.5 Å². The molecule has 0 unspecified atom stereocenters. The van der Waals surface area contributed by atoms with Crippen molar-refractivity contribution in [2.45, 2.75) is 27.7 Å². The molecule has 0 aliphatic carbocycles. The third-order valence-corrected chi connectivity index (χ3v) is 5.57. The van der Waals surface area contributed by atoms with Crippen LogP contribution >= 0.6 is 63.7 Å². The second kappa shape index (κ2) is 15.6. The smallest absolute Gasteiger partial charge is 0.871 e. The van der Waals surface area contributed by atoms with Gasteiger partial charge in [0.15, 0.2) is 0 Å². The minimum Gasteiger partial charge on any atom is -0.871 e. The number of hydrogen-bond acceptors (Lipinski definition) is 4. The molecule has 0 spiro atoms. The second-order valence-electron chi connectivity index (χ2n) is 7.39. The molecule has 4 nitrogen and oxygen atoms in total. The number of aliphatic imine (C=N–C) groups is 2. The molecule has 2 aromatic rings. The van der Waals surface area contributed by atoms with Crippen LogP contribution in [0.4, 0.5) is 0 Å². The van der Waals surface area contributed by atoms with Crippen LogP contribution in [0.25, 0.3) is 0 Å². The molecule has 0 saturated carbocycles. The summed E-state index contributed by atoms with van der Waals surface area (Å²) in [4.78, 5) is 8.43. The Morgan fingerprint density at radius 3 is 1.32 bits per heavy atom. The van der Waals surface area contributed by atoms with Crippen LogP contribution in [0.1, 0.15) is 38.8 Å². The first kappa shape index (κ1) is 30.8. The van der Waals surface area contributed by atoms with Crippen LogP contribution in [-0.4, -0.2) is 25.5 Å². The number of nitrogens with zero attached hydrogens (tertiary/aromatic N) is 2. The van der Waals surface area contributed by atoms with Gasteiger partial charge in [0.25, 0.3) is 0 Å². The molecule has 0 amide bonds. The first-order chi connectivity index (χ1) is 14.0. The monoisotopic (exact) mass is 727 g/mol. The average Bonchev–Trinajstić information content (AvgIpc) is 2.63. The molecule has 0 saturated heterocycles. The van der Waals surface area contributed by atoms with Crippen molar-refractivity contribution in [1.29, 1.82) is 0 Å². The third-order valence-electron chi connectivity index (χ3n) is 3.48. The molecule has 0 bridgehead atoms. The van der Waals surface area contributed by atoms with E-state index >= 15 is 0 Å². The first-order valence-corrected chi connectivity index (χ1v) is 12.5. The molecule has 0 heterocycles. The van der Waals surface area contributed by atoms with Gasteiger partial charge in [-0.2, -0.15) is 0 Å². The molecule has 0 atom stereocenters. The van der Waals surface area contributed by atoms with Crippen molar-refractivity contribution in [3.05, 3.63) is 53.3 Å². The van der Waals surface area contributed by atoms with E-state index in [1.54, 1.807) is 36.7 Å². The van der Waals surface area contributed by atoms with E-state index in [-0.39, 0.29) is 28.6 Å². The van der Waals surface area contributed by atoms with Crippen molar-refractivity contribution in [1.82, 2.24) is 0 Å². The first-order valence-electron chi connectivity index (χ1n) is 9.33. The number of hydrogen-bond donors (Lipinski definition) is 0. The zero-order valence-electron chi connectivity index (χ0n) is 17.6. The largest absolute Gasteiger partial charge is 2.00 e. The van der Waals surface area contributed by atoms with Gasteiger partial charge in [-0.15, -0.1) is 0 Å². The standard InChI is InChI=1S/2C11H13Br2NO.Cu/c2*1-7(2)5-14-6-8-3-9(12)4-10(13)11(8)15;/h2*3-4,6-7,15H,5H2,1-2H3;/q;;+2/p-2. The van der Waals surface area contributed by atoms with E-state index < -0.39 is 0 Å². The summed E-state index contributed by atoms with van der Waals surface area (Å²) in [5.41, 5.74) is 1.22. The maximum Gasteiger partial charge on any atom is 2.00 e. The van der Waals surface area contributed by atoms with Crippen molar-refractivity contribution in [2.24, 2.45) is 21.8 Å². The number of benzene rings is 2. The molecule has 1 radical (unpaired) electrons. The van der Waals surface area contributed by atoms with E-state index in [4.69, 9.17) is 0 Å². The van der Waals surface area contributed by atoms with Gasteiger partial charge in [0, 0.05) is 43.4 Å². The van der Waals surface area contributed by atoms with E-state index in [2.05, 4.69) is 101 Å². The zero-order valence-corrected chi connectivity index (χ0v) is 24.8. The van der Waals surface area contributed by atoms with Crippen molar-refractivity contribution < 1.29 is 27.3 Å². The Morgan fingerprint density at radius 2 is 1.03 bits per heavy atom. The maximum atomic E-state index is 11.6. The summed E-state index contributed by atoms with van der Waals surface area (Å²) >= 11 is 13.1. The maximum absolute atomic E-state index is 11.6. The van der Waals surface area contributed by atoms with Gasteiger partial charge in [0.05, 0.1) is 0 Å². The van der Waals surface area contributed by atoms with Gasteiger partial charge in [-0.25, -0.2) is 0 Å². The van der Waals surface area contributed by atoms with E-state index in [9.17, 15) is 10.2 Å². The molecule has 31 heavy (non-hydrogen) atoms. The molecule has 2 rings (SSSR count). The molecular weight excluding hydrogens is 707 g/mol. The van der Waals surface area contributed by atoms with Crippen LogP contribution < -0.4 is 10.2 Å². The van der Waals surface area contributed by atoms with Gasteiger partial charge < -0.3 is 10.2 Å². The van der Waals surface area contributed by atoms with Gasteiger partial charge in [-0.05, 0) is 47.2 Å². The normalized spacial score (nSPS) is 11.2. The van der Waals surface area contributed by atoms with Crippen LogP contribution in [0.15, 0.2) is 52.1 Å². The van der Waals surface area contributed by atoms with Gasteiger partial charge >= 0.3 is 17.1 Å². The van der Waals surface area contributed by atoms with Gasteiger partial charge in [0.1, 0.15) is 0 Å². The minimum atomic E-state index is -0.0225. The predicted octanol–water partition coefficient (Wildman–Crippen LogP) is 6.72. The SMILES string of the molecule is CC(C)CN=Cc1cc(Br)cc(Br)c1[O-].CC(C)CN=Cc1cc(Br)cc(Br)c1[O-].[Cu+2]. The summed E-state index contributed by atoms with van der Waals surface area (Å²) in [5, 5.41) is 23.3. The zero-order chi connectivity index (χ0) is 22.8. The summed E-state index contributed by atoms with van der Waals surface area (Å²) in [5.74, 6) is 0.968. The Hall–Kier alpha value is -0.181. The van der Waals surface area contributed by atoms with Crippen LogP contribution in [-0.2, 0) is 17.1 Å².